The van der Waals surface area contributed by atoms with Gasteiger partial charge in [-0.1, -0.05) is 17.7 Å². The molecule has 0 aliphatic heterocycles. The van der Waals surface area contributed by atoms with Gasteiger partial charge in [-0.2, -0.15) is 16.8 Å². The lowest BCUT2D eigenvalue weighted by molar-refractivity contribution is 0.470. The Morgan fingerprint density at radius 3 is 2.00 bits per heavy atom. The van der Waals surface area contributed by atoms with Gasteiger partial charge in [0.05, 0.1) is 11.2 Å². The molecule has 0 radical (unpaired) electrons. The van der Waals surface area contributed by atoms with Crippen molar-refractivity contribution in [1.82, 2.24) is 0 Å². The molecule has 5 nitrogen and oxygen atoms in total. The zero-order chi connectivity index (χ0) is 12.3. The second-order valence-corrected chi connectivity index (χ2v) is 6.58. The lowest BCUT2D eigenvalue weighted by Crippen LogP contribution is -2.15. The summed E-state index contributed by atoms with van der Waals surface area (Å²) in [5.74, 6) is -0.511. The van der Waals surface area contributed by atoms with Gasteiger partial charge in [0.25, 0.3) is 10.1 Å². The van der Waals surface area contributed by atoms with E-state index in [1.54, 1.807) is 0 Å². The van der Waals surface area contributed by atoms with E-state index < -0.39 is 26.0 Å². The maximum Gasteiger partial charge on any atom is 0.304 e. The summed E-state index contributed by atoms with van der Waals surface area (Å²) in [7, 11) is -8.29. The van der Waals surface area contributed by atoms with Crippen molar-refractivity contribution in [2.75, 3.05) is 5.75 Å². The van der Waals surface area contributed by atoms with Crippen LogP contribution in [0.4, 0.5) is 0 Å². The number of allylic oxidation sites excluding steroid dienone is 1. The minimum absolute atomic E-state index is 0.308. The Bertz CT molecular complexity index is 463. The first kappa shape index (κ1) is 14.3. The van der Waals surface area contributed by atoms with Gasteiger partial charge in [-0.3, -0.25) is 0 Å². The molecule has 88 valence electrons. The van der Waals surface area contributed by atoms with Crippen molar-refractivity contribution in [2.24, 2.45) is 0 Å². The molecule has 0 aliphatic rings. The molecule has 0 saturated heterocycles. The van der Waals surface area contributed by atoms with E-state index in [9.17, 15) is 16.8 Å². The summed E-state index contributed by atoms with van der Waals surface area (Å²) in [6, 6.07) is 0. The Kier molecular flexibility index (Phi) is 4.69. The zero-order valence-electron chi connectivity index (χ0n) is 8.85. The molecule has 15 heavy (non-hydrogen) atoms. The third-order valence-corrected chi connectivity index (χ3v) is 4.20. The number of rotatable bonds is 5. The monoisotopic (exact) mass is 254 g/mol. The van der Waals surface area contributed by atoms with Crippen molar-refractivity contribution in [3.8, 4) is 0 Å². The van der Waals surface area contributed by atoms with E-state index in [-0.39, 0.29) is 0 Å². The molecule has 0 atom stereocenters. The summed E-state index contributed by atoms with van der Waals surface area (Å²) < 4.78 is 48.6. The SMILES string of the molecule is C=C(C)CS(=O)(=O)OS(=O)(=O)C=C(C)C. The lowest BCUT2D eigenvalue weighted by Gasteiger charge is -2.02. The van der Waals surface area contributed by atoms with Crippen molar-refractivity contribution >= 4 is 20.2 Å². The Balaban J connectivity index is 4.91. The van der Waals surface area contributed by atoms with E-state index in [0.29, 0.717) is 11.1 Å². The highest BCUT2D eigenvalue weighted by molar-refractivity contribution is 8.01. The average molecular weight is 254 g/mol. The van der Waals surface area contributed by atoms with Crippen LogP contribution in [0.1, 0.15) is 20.8 Å². The summed E-state index contributed by atoms with van der Waals surface area (Å²) in [6.45, 7) is 7.87. The molecule has 0 saturated carbocycles. The molecule has 0 spiro atoms. The fourth-order valence-corrected chi connectivity index (χ4v) is 3.47. The van der Waals surface area contributed by atoms with E-state index >= 15 is 0 Å². The van der Waals surface area contributed by atoms with Crippen LogP contribution < -0.4 is 0 Å². The molecule has 0 N–H and O–H groups in total. The quantitative estimate of drug-likeness (QED) is 0.688. The van der Waals surface area contributed by atoms with Crippen LogP contribution >= 0.6 is 0 Å². The molecular formula is C8H14O5S2. The Labute approximate surface area is 90.7 Å². The highest BCUT2D eigenvalue weighted by atomic mass is 32.3. The Morgan fingerprint density at radius 2 is 1.67 bits per heavy atom. The van der Waals surface area contributed by atoms with Gasteiger partial charge >= 0.3 is 10.1 Å². The van der Waals surface area contributed by atoms with Gasteiger partial charge in [-0.25, -0.2) is 0 Å². The largest absolute Gasteiger partial charge is 0.304 e. The van der Waals surface area contributed by atoms with Crippen LogP contribution in [0, 0.1) is 0 Å². The fraction of sp³-hybridized carbons (Fsp3) is 0.500. The molecule has 0 bridgehead atoms. The minimum Gasteiger partial charge on any atom is -0.198 e. The molecular weight excluding hydrogens is 240 g/mol. The summed E-state index contributed by atoms with van der Waals surface area (Å²) in [5.41, 5.74) is 0.739. The molecule has 7 heteroatoms. The third-order valence-electron chi connectivity index (χ3n) is 1.00. The summed E-state index contributed by atoms with van der Waals surface area (Å²) in [6.07, 6.45) is 0. The molecule has 0 rings (SSSR count). The van der Waals surface area contributed by atoms with Crippen LogP contribution in [0.15, 0.2) is 23.1 Å². The van der Waals surface area contributed by atoms with Gasteiger partial charge < -0.3 is 0 Å². The van der Waals surface area contributed by atoms with Gasteiger partial charge in [-0.15, -0.1) is 3.63 Å². The van der Waals surface area contributed by atoms with Crippen molar-refractivity contribution in [1.29, 1.82) is 0 Å². The molecule has 0 aliphatic carbocycles. The first-order valence-electron chi connectivity index (χ1n) is 4.02. The van der Waals surface area contributed by atoms with E-state index in [1.807, 2.05) is 0 Å². The molecule has 0 aromatic heterocycles. The van der Waals surface area contributed by atoms with Crippen LogP contribution in [0.3, 0.4) is 0 Å². The first-order valence-corrected chi connectivity index (χ1v) is 7.07. The minimum atomic E-state index is -4.18. The fourth-order valence-electron chi connectivity index (χ4n) is 0.779. The van der Waals surface area contributed by atoms with Gasteiger partial charge in [0.2, 0.25) is 0 Å². The lowest BCUT2D eigenvalue weighted by atomic mass is 10.4. The van der Waals surface area contributed by atoms with Crippen molar-refractivity contribution in [3.63, 3.8) is 0 Å². The molecule has 0 unspecified atom stereocenters. The zero-order valence-corrected chi connectivity index (χ0v) is 10.5. The second-order valence-electron chi connectivity index (χ2n) is 3.42. The van der Waals surface area contributed by atoms with E-state index in [1.165, 1.54) is 20.8 Å². The molecule has 0 aromatic rings. The van der Waals surface area contributed by atoms with Crippen LogP contribution in [0.5, 0.6) is 0 Å². The summed E-state index contributed by atoms with van der Waals surface area (Å²) in [4.78, 5) is 0. The first-order chi connectivity index (χ1) is 6.54. The molecule has 0 amide bonds. The summed E-state index contributed by atoms with van der Waals surface area (Å²) >= 11 is 0. The predicted octanol–water partition coefficient (Wildman–Crippen LogP) is 1.16. The highest BCUT2D eigenvalue weighted by Gasteiger charge is 2.20. The van der Waals surface area contributed by atoms with Crippen LogP contribution in [0.2, 0.25) is 0 Å². The average Bonchev–Trinajstić information content (AvgIpc) is 1.73. The van der Waals surface area contributed by atoms with E-state index in [0.717, 1.165) is 5.41 Å². The van der Waals surface area contributed by atoms with Gasteiger partial charge in [0.15, 0.2) is 0 Å². The number of hydrogen-bond donors (Lipinski definition) is 0. The molecule has 0 fully saturated rings. The van der Waals surface area contributed by atoms with Crippen molar-refractivity contribution < 1.29 is 20.5 Å². The van der Waals surface area contributed by atoms with E-state index in [4.69, 9.17) is 0 Å². The standard InChI is InChI=1S/C8H14O5S2/c1-7(2)5-14(9,10)13-15(11,12)6-8(3)4/h6H,1,5H2,2-4H3. The van der Waals surface area contributed by atoms with Gasteiger partial charge in [0, 0.05) is 0 Å². The summed E-state index contributed by atoms with van der Waals surface area (Å²) in [5, 5.41) is 0.753. The predicted molar refractivity (Wildman–Crippen MR) is 58.0 cm³/mol. The maximum atomic E-state index is 11.1. The maximum absolute atomic E-state index is 11.1. The van der Waals surface area contributed by atoms with Gasteiger partial charge in [0.1, 0.15) is 0 Å². The van der Waals surface area contributed by atoms with Crippen molar-refractivity contribution in [2.45, 2.75) is 20.8 Å². The van der Waals surface area contributed by atoms with Crippen LogP contribution in [0.25, 0.3) is 0 Å². The molecule has 0 heterocycles. The van der Waals surface area contributed by atoms with Crippen molar-refractivity contribution in [3.05, 3.63) is 23.1 Å². The Morgan fingerprint density at radius 1 is 1.20 bits per heavy atom. The number of hydrogen-bond acceptors (Lipinski definition) is 5. The van der Waals surface area contributed by atoms with E-state index in [2.05, 4.69) is 10.2 Å². The normalized spacial score (nSPS) is 12.2. The third kappa shape index (κ3) is 7.29. The van der Waals surface area contributed by atoms with Gasteiger partial charge in [-0.05, 0) is 20.8 Å². The molecule has 0 aromatic carbocycles. The topological polar surface area (TPSA) is 77.5 Å². The Hall–Kier alpha value is -0.660. The van der Waals surface area contributed by atoms with Crippen LogP contribution in [-0.4, -0.2) is 22.6 Å². The second kappa shape index (κ2) is 4.91. The smallest absolute Gasteiger partial charge is 0.198 e. The van der Waals surface area contributed by atoms with Crippen LogP contribution in [-0.2, 0) is 23.9 Å². The highest BCUT2D eigenvalue weighted by Crippen LogP contribution is 2.08.